The van der Waals surface area contributed by atoms with E-state index in [9.17, 15) is 9.59 Å². The van der Waals surface area contributed by atoms with Crippen LogP contribution in [0, 0.1) is 5.92 Å². The van der Waals surface area contributed by atoms with E-state index < -0.39 is 6.04 Å². The summed E-state index contributed by atoms with van der Waals surface area (Å²) in [7, 11) is 0. The van der Waals surface area contributed by atoms with Crippen LogP contribution in [0.25, 0.3) is 22.5 Å². The number of hydrogen-bond donors (Lipinski definition) is 4. The number of carbonyl (C=O) groups excluding carboxylic acids is 2. The zero-order valence-electron chi connectivity index (χ0n) is 30.0. The monoisotopic (exact) mass is 710 g/mol. The molecular weight excluding hydrogens is 661 g/mol. The lowest BCUT2D eigenvalue weighted by Gasteiger charge is -2.40. The highest BCUT2D eigenvalue weighted by Crippen LogP contribution is 2.30. The predicted molar refractivity (Wildman–Crippen MR) is 204 cm³/mol. The Kier molecular flexibility index (Phi) is 12.8. The van der Waals surface area contributed by atoms with Crippen molar-refractivity contribution in [3.8, 4) is 28.3 Å². The molecule has 0 radical (unpaired) electrons. The summed E-state index contributed by atoms with van der Waals surface area (Å²) in [6, 6.07) is 18.8. The maximum Gasteiger partial charge on any atom is 0.262 e. The molecule has 0 saturated carbocycles. The summed E-state index contributed by atoms with van der Waals surface area (Å²) in [5.41, 5.74) is 11.8. The average Bonchev–Trinajstić information content (AvgIpc) is 3.62. The van der Waals surface area contributed by atoms with Crippen LogP contribution in [0.2, 0.25) is 0 Å². The summed E-state index contributed by atoms with van der Waals surface area (Å²) in [6.07, 6.45) is 10.0. The fourth-order valence-corrected chi connectivity index (χ4v) is 6.78. The number of hydrazine groups is 1. The lowest BCUT2D eigenvalue weighted by atomic mass is 9.95. The topological polar surface area (TPSA) is 161 Å². The van der Waals surface area contributed by atoms with Crippen molar-refractivity contribution in [3.05, 3.63) is 88.4 Å². The lowest BCUT2D eigenvalue weighted by molar-refractivity contribution is -0.138. The summed E-state index contributed by atoms with van der Waals surface area (Å²) in [5.74, 6) is 6.52. The molecule has 4 aromatic rings. The summed E-state index contributed by atoms with van der Waals surface area (Å²) in [5, 5.41) is 6.85. The Hall–Kier alpha value is -4.81. The Morgan fingerprint density at radius 2 is 1.61 bits per heavy atom. The number of aromatic nitrogens is 2. The van der Waals surface area contributed by atoms with E-state index in [2.05, 4.69) is 53.6 Å². The number of thiophene rings is 1. The summed E-state index contributed by atoms with van der Waals surface area (Å²) in [6.45, 7) is 10.1. The molecular formula is C39H50N8O3S. The van der Waals surface area contributed by atoms with Gasteiger partial charge in [-0.3, -0.25) is 9.59 Å². The van der Waals surface area contributed by atoms with Crippen molar-refractivity contribution in [2.24, 2.45) is 22.6 Å². The molecule has 2 amide bonds. The molecule has 2 aromatic heterocycles. The Labute approximate surface area is 304 Å². The van der Waals surface area contributed by atoms with Crippen molar-refractivity contribution >= 4 is 29.0 Å². The fraction of sp³-hybridized carbons (Fsp3) is 0.410. The van der Waals surface area contributed by atoms with Crippen LogP contribution in [0.15, 0.2) is 78.2 Å². The van der Waals surface area contributed by atoms with Gasteiger partial charge in [-0.2, -0.15) is 5.10 Å². The number of hydrogen-bond acceptors (Lipinski definition) is 9. The number of nitrogens with one attached hydrogen (secondary N) is 2. The van der Waals surface area contributed by atoms with Gasteiger partial charge >= 0.3 is 0 Å². The Bertz CT molecular complexity index is 1760. The van der Waals surface area contributed by atoms with E-state index in [1.807, 2.05) is 73.1 Å². The largest absolute Gasteiger partial charge is 0.494 e. The van der Waals surface area contributed by atoms with Gasteiger partial charge in [-0.05, 0) is 47.2 Å². The van der Waals surface area contributed by atoms with E-state index in [0.717, 1.165) is 45.9 Å². The smallest absolute Gasteiger partial charge is 0.262 e. The third kappa shape index (κ3) is 10.1. The number of rotatable bonds is 16. The fourth-order valence-electron chi connectivity index (χ4n) is 5.82. The van der Waals surface area contributed by atoms with Crippen molar-refractivity contribution in [1.29, 1.82) is 0 Å². The first-order valence-corrected chi connectivity index (χ1v) is 18.5. The molecule has 0 aliphatic carbocycles. The second-order valence-corrected chi connectivity index (χ2v) is 15.1. The molecule has 0 bridgehead atoms. The number of nitrogens with two attached hydrogens (primary N) is 2. The van der Waals surface area contributed by atoms with Gasteiger partial charge in [0.25, 0.3) is 5.91 Å². The molecule has 2 aromatic carbocycles. The van der Waals surface area contributed by atoms with Gasteiger partial charge in [0.2, 0.25) is 5.91 Å². The molecule has 1 unspecified atom stereocenters. The number of amides is 2. The average molecular weight is 711 g/mol. The van der Waals surface area contributed by atoms with Crippen LogP contribution >= 0.6 is 11.3 Å². The minimum absolute atomic E-state index is 0.0789. The van der Waals surface area contributed by atoms with Crippen LogP contribution in [0.3, 0.4) is 0 Å². The van der Waals surface area contributed by atoms with E-state index in [4.69, 9.17) is 16.3 Å². The van der Waals surface area contributed by atoms with Gasteiger partial charge in [0.05, 0.1) is 17.4 Å². The molecule has 3 heterocycles. The molecule has 11 nitrogen and oxygen atoms in total. The van der Waals surface area contributed by atoms with E-state index in [1.54, 1.807) is 4.90 Å². The van der Waals surface area contributed by atoms with E-state index in [1.165, 1.54) is 37.0 Å². The summed E-state index contributed by atoms with van der Waals surface area (Å²) >= 11 is 1.44. The number of benzene rings is 2. The van der Waals surface area contributed by atoms with Crippen LogP contribution in [-0.4, -0.2) is 58.3 Å². The zero-order valence-corrected chi connectivity index (χ0v) is 30.8. The standard InChI is InChI=1S/C39H50N8O3S/c1-5-6-7-8-9-20-50-31-16-14-27(15-17-31)29-22-42-36(43-23-29)28-12-10-26(11-13-28)21-32(38(49)47-24-30(25-47)35(40)45-46-41)44-37(48)33-18-19-34(51-33)39(2,3)4/h10-19,22-23,30,32,46H,5-9,20-21,24-25,41H2,1-4H3,(H2,40,45)(H,44,48). The minimum atomic E-state index is -0.770. The number of nitrogens with zero attached hydrogens (tertiary/aromatic N) is 4. The summed E-state index contributed by atoms with van der Waals surface area (Å²) in [4.78, 5) is 39.7. The Morgan fingerprint density at radius 1 is 0.941 bits per heavy atom. The Morgan fingerprint density at radius 3 is 2.24 bits per heavy atom. The molecule has 12 heteroatoms. The van der Waals surface area contributed by atoms with Crippen molar-refractivity contribution < 1.29 is 14.3 Å². The number of ether oxygens (including phenoxy) is 1. The van der Waals surface area contributed by atoms with Crippen LogP contribution in [0.5, 0.6) is 5.75 Å². The minimum Gasteiger partial charge on any atom is -0.494 e. The first-order valence-electron chi connectivity index (χ1n) is 17.7. The van der Waals surface area contributed by atoms with Crippen LogP contribution in [0.4, 0.5) is 0 Å². The molecule has 1 atom stereocenters. The van der Waals surface area contributed by atoms with Crippen molar-refractivity contribution in [2.45, 2.75) is 77.7 Å². The molecule has 1 aliphatic heterocycles. The van der Waals surface area contributed by atoms with Gasteiger partial charge in [-0.1, -0.05) is 89.8 Å². The van der Waals surface area contributed by atoms with Gasteiger partial charge in [-0.25, -0.2) is 21.3 Å². The third-order valence-corrected chi connectivity index (χ3v) is 10.5. The molecule has 1 fully saturated rings. The SMILES string of the molecule is CCCCCCCOc1ccc(-c2cnc(-c3ccc(CC(NC(=O)c4ccc(C(C)(C)C)s4)C(=O)N4CC(/C(N)=N/NN)C4)cc3)nc2)cc1. The molecule has 270 valence electrons. The third-order valence-electron chi connectivity index (χ3n) is 8.99. The first kappa shape index (κ1) is 37.4. The van der Waals surface area contributed by atoms with Gasteiger partial charge in [0.1, 0.15) is 17.6 Å². The quantitative estimate of drug-likeness (QED) is 0.0359. The second-order valence-electron chi connectivity index (χ2n) is 14.0. The highest BCUT2D eigenvalue weighted by Gasteiger charge is 2.37. The van der Waals surface area contributed by atoms with E-state index in [-0.39, 0.29) is 23.1 Å². The van der Waals surface area contributed by atoms with Crippen molar-refractivity contribution in [2.75, 3.05) is 19.7 Å². The Balaban J connectivity index is 1.22. The molecule has 6 N–H and O–H groups in total. The summed E-state index contributed by atoms with van der Waals surface area (Å²) < 4.78 is 5.91. The highest BCUT2D eigenvalue weighted by molar-refractivity contribution is 7.14. The number of amidine groups is 1. The van der Waals surface area contributed by atoms with Gasteiger partial charge in [0.15, 0.2) is 5.82 Å². The molecule has 1 aliphatic rings. The van der Waals surface area contributed by atoms with Crippen LogP contribution in [0.1, 0.15) is 79.9 Å². The highest BCUT2D eigenvalue weighted by atomic mass is 32.1. The van der Waals surface area contributed by atoms with Crippen molar-refractivity contribution in [3.63, 3.8) is 0 Å². The second kappa shape index (κ2) is 17.4. The molecule has 1 saturated heterocycles. The number of carbonyl (C=O) groups is 2. The van der Waals surface area contributed by atoms with Crippen LogP contribution < -0.4 is 27.2 Å². The number of unbranched alkanes of at least 4 members (excludes halogenated alkanes) is 4. The maximum atomic E-state index is 13.7. The molecule has 51 heavy (non-hydrogen) atoms. The van der Waals surface area contributed by atoms with Gasteiger partial charge < -0.3 is 20.7 Å². The van der Waals surface area contributed by atoms with Crippen molar-refractivity contribution in [1.82, 2.24) is 25.7 Å². The van der Waals surface area contributed by atoms with E-state index >= 15 is 0 Å². The van der Waals surface area contributed by atoms with Gasteiger partial charge in [0, 0.05) is 47.9 Å². The number of likely N-dealkylation sites (tertiary alicyclic amines) is 1. The zero-order chi connectivity index (χ0) is 36.4. The molecule has 5 rings (SSSR count). The predicted octanol–water partition coefficient (Wildman–Crippen LogP) is 6.05. The number of hydrazone groups is 1. The molecule has 0 spiro atoms. The normalized spacial score (nSPS) is 14.1. The van der Waals surface area contributed by atoms with Crippen LogP contribution in [-0.2, 0) is 16.6 Å². The van der Waals surface area contributed by atoms with Gasteiger partial charge in [-0.15, -0.1) is 11.3 Å². The maximum absolute atomic E-state index is 13.7. The first-order chi connectivity index (χ1) is 24.5. The lowest BCUT2D eigenvalue weighted by Crippen LogP contribution is -2.60. The van der Waals surface area contributed by atoms with E-state index in [0.29, 0.717) is 36.0 Å².